The van der Waals surface area contributed by atoms with Gasteiger partial charge in [0.15, 0.2) is 17.2 Å². The van der Waals surface area contributed by atoms with Gasteiger partial charge in [-0.25, -0.2) is 14.8 Å². The van der Waals surface area contributed by atoms with E-state index in [2.05, 4.69) is 14.9 Å². The molecule has 1 saturated heterocycles. The van der Waals surface area contributed by atoms with Crippen molar-refractivity contribution in [2.24, 2.45) is 0 Å². The molecule has 0 saturated carbocycles. The molecule has 5 rings (SSSR count). The zero-order valence-corrected chi connectivity index (χ0v) is 17.0. The van der Waals surface area contributed by atoms with Crippen LogP contribution in [0.4, 0.5) is 10.5 Å². The van der Waals surface area contributed by atoms with Crippen LogP contribution in [-0.2, 0) is 0 Å². The molecule has 0 bridgehead atoms. The largest absolute Gasteiger partial charge is 0.461 e. The minimum atomic E-state index is -0.0804. The topological polar surface area (TPSA) is 76.2 Å². The first kappa shape index (κ1) is 18.4. The van der Waals surface area contributed by atoms with Gasteiger partial charge in [-0.05, 0) is 61.7 Å². The summed E-state index contributed by atoms with van der Waals surface area (Å²) in [6.07, 6.45) is 4.24. The molecule has 152 valence electrons. The molecule has 3 aromatic heterocycles. The Kier molecular flexibility index (Phi) is 4.50. The highest BCUT2D eigenvalue weighted by Gasteiger charge is 2.31. The molecule has 1 unspecified atom stereocenters. The van der Waals surface area contributed by atoms with Gasteiger partial charge in [0.1, 0.15) is 5.52 Å². The number of likely N-dealkylation sites (tertiary alicyclic amines) is 1. The molecule has 1 atom stereocenters. The maximum atomic E-state index is 12.9. The second-order valence-corrected chi connectivity index (χ2v) is 7.77. The zero-order valence-electron chi connectivity index (χ0n) is 17.0. The van der Waals surface area contributed by atoms with E-state index in [-0.39, 0.29) is 12.1 Å². The van der Waals surface area contributed by atoms with E-state index in [0.29, 0.717) is 18.8 Å². The molecule has 0 spiro atoms. The van der Waals surface area contributed by atoms with Gasteiger partial charge in [0.2, 0.25) is 0 Å². The van der Waals surface area contributed by atoms with Crippen molar-refractivity contribution in [3.8, 4) is 11.6 Å². The van der Waals surface area contributed by atoms with E-state index in [4.69, 9.17) is 9.40 Å². The number of carbonyl (C=O) groups excluding carboxylic acids is 1. The van der Waals surface area contributed by atoms with E-state index >= 15 is 0 Å². The highest BCUT2D eigenvalue weighted by Crippen LogP contribution is 2.32. The maximum Gasteiger partial charge on any atom is 0.321 e. The number of furan rings is 1. The van der Waals surface area contributed by atoms with Crippen molar-refractivity contribution >= 4 is 22.9 Å². The Hall–Kier alpha value is -3.61. The number of carbonyl (C=O) groups is 1. The molecule has 1 N–H and O–H groups in total. The lowest BCUT2D eigenvalue weighted by Gasteiger charge is -2.20. The van der Waals surface area contributed by atoms with Gasteiger partial charge in [0.25, 0.3) is 0 Å². The van der Waals surface area contributed by atoms with Crippen LogP contribution in [0, 0.1) is 13.8 Å². The van der Waals surface area contributed by atoms with Crippen molar-refractivity contribution < 1.29 is 9.21 Å². The molecule has 1 aliphatic rings. The SMILES string of the molecule is Cc1ccc(C)c(NC(=O)N2CCC(n3c(-c4ccco4)nc4cccnc43)C2)c1. The number of aryl methyl sites for hydroxylation is 2. The average molecular weight is 401 g/mol. The Labute approximate surface area is 174 Å². The molecular weight excluding hydrogens is 378 g/mol. The third kappa shape index (κ3) is 3.22. The summed E-state index contributed by atoms with van der Waals surface area (Å²) in [5.74, 6) is 1.45. The summed E-state index contributed by atoms with van der Waals surface area (Å²) in [6, 6.07) is 13.7. The predicted octanol–water partition coefficient (Wildman–Crippen LogP) is 4.79. The van der Waals surface area contributed by atoms with Crippen molar-refractivity contribution in [2.75, 3.05) is 18.4 Å². The molecule has 0 aliphatic carbocycles. The maximum absolute atomic E-state index is 12.9. The van der Waals surface area contributed by atoms with Crippen LogP contribution in [0.15, 0.2) is 59.3 Å². The van der Waals surface area contributed by atoms with Gasteiger partial charge in [0, 0.05) is 25.0 Å². The summed E-state index contributed by atoms with van der Waals surface area (Å²) < 4.78 is 7.73. The summed E-state index contributed by atoms with van der Waals surface area (Å²) in [5, 5.41) is 3.07. The number of amides is 2. The second kappa shape index (κ2) is 7.33. The highest BCUT2D eigenvalue weighted by molar-refractivity contribution is 5.90. The van der Waals surface area contributed by atoms with Crippen LogP contribution in [0.5, 0.6) is 0 Å². The Morgan fingerprint density at radius 2 is 2.10 bits per heavy atom. The summed E-state index contributed by atoms with van der Waals surface area (Å²) in [7, 11) is 0. The quantitative estimate of drug-likeness (QED) is 0.536. The highest BCUT2D eigenvalue weighted by atomic mass is 16.3. The van der Waals surface area contributed by atoms with E-state index < -0.39 is 0 Å². The third-order valence-electron chi connectivity index (χ3n) is 5.64. The van der Waals surface area contributed by atoms with Crippen LogP contribution in [0.25, 0.3) is 22.7 Å². The van der Waals surface area contributed by atoms with Crippen LogP contribution in [0.2, 0.25) is 0 Å². The number of nitrogens with one attached hydrogen (secondary N) is 1. The fourth-order valence-electron chi connectivity index (χ4n) is 4.06. The van der Waals surface area contributed by atoms with Crippen LogP contribution in [-0.4, -0.2) is 38.6 Å². The predicted molar refractivity (Wildman–Crippen MR) is 115 cm³/mol. The number of imidazole rings is 1. The van der Waals surface area contributed by atoms with E-state index in [0.717, 1.165) is 40.2 Å². The Bertz CT molecular complexity index is 1210. The fourth-order valence-corrected chi connectivity index (χ4v) is 4.06. The van der Waals surface area contributed by atoms with E-state index in [9.17, 15) is 4.79 Å². The minimum absolute atomic E-state index is 0.0781. The molecule has 1 fully saturated rings. The number of nitrogens with zero attached hydrogens (tertiary/aromatic N) is 4. The van der Waals surface area contributed by atoms with Crippen molar-refractivity contribution in [2.45, 2.75) is 26.3 Å². The van der Waals surface area contributed by atoms with Gasteiger partial charge in [-0.3, -0.25) is 0 Å². The summed E-state index contributed by atoms with van der Waals surface area (Å²) in [4.78, 5) is 24.1. The fraction of sp³-hybridized carbons (Fsp3) is 0.261. The molecule has 4 heterocycles. The molecule has 7 heteroatoms. The van der Waals surface area contributed by atoms with E-state index in [1.54, 1.807) is 12.5 Å². The number of hydrogen-bond acceptors (Lipinski definition) is 4. The molecule has 0 radical (unpaired) electrons. The standard InChI is InChI=1S/C23H23N5O2/c1-15-7-8-16(2)19(13-15)26-23(29)27-11-9-17(14-27)28-21-18(5-3-10-24-21)25-22(28)20-6-4-12-30-20/h3-8,10,12-13,17H,9,11,14H2,1-2H3,(H,26,29). The van der Waals surface area contributed by atoms with Gasteiger partial charge in [-0.15, -0.1) is 0 Å². The lowest BCUT2D eigenvalue weighted by atomic mass is 10.1. The number of benzene rings is 1. The number of anilines is 1. The molecule has 4 aromatic rings. The number of pyridine rings is 1. The van der Waals surface area contributed by atoms with Gasteiger partial charge < -0.3 is 19.2 Å². The smallest absolute Gasteiger partial charge is 0.321 e. The number of fused-ring (bicyclic) bond motifs is 1. The number of urea groups is 1. The van der Waals surface area contributed by atoms with Crippen molar-refractivity contribution in [1.29, 1.82) is 0 Å². The first-order valence-corrected chi connectivity index (χ1v) is 10.1. The minimum Gasteiger partial charge on any atom is -0.461 e. The normalized spacial score (nSPS) is 16.3. The van der Waals surface area contributed by atoms with Gasteiger partial charge in [-0.2, -0.15) is 0 Å². The lowest BCUT2D eigenvalue weighted by molar-refractivity contribution is 0.221. The first-order chi connectivity index (χ1) is 14.6. The van der Waals surface area contributed by atoms with Gasteiger partial charge in [-0.1, -0.05) is 12.1 Å². The number of aromatic nitrogens is 3. The lowest BCUT2D eigenvalue weighted by Crippen LogP contribution is -2.33. The van der Waals surface area contributed by atoms with Gasteiger partial charge in [0.05, 0.1) is 12.3 Å². The van der Waals surface area contributed by atoms with Crippen molar-refractivity contribution in [3.63, 3.8) is 0 Å². The van der Waals surface area contributed by atoms with Crippen LogP contribution in [0.3, 0.4) is 0 Å². The molecule has 1 aromatic carbocycles. The summed E-state index contributed by atoms with van der Waals surface area (Å²) in [5.41, 5.74) is 4.66. The van der Waals surface area contributed by atoms with E-state index in [1.165, 1.54) is 0 Å². The average Bonchev–Trinajstić information content (AvgIpc) is 3.49. The molecule has 1 aliphatic heterocycles. The number of hydrogen-bond donors (Lipinski definition) is 1. The van der Waals surface area contributed by atoms with Crippen LogP contribution in [0.1, 0.15) is 23.6 Å². The molecular formula is C23H23N5O2. The zero-order chi connectivity index (χ0) is 20.7. The first-order valence-electron chi connectivity index (χ1n) is 10.1. The Morgan fingerprint density at radius 1 is 1.20 bits per heavy atom. The van der Waals surface area contributed by atoms with Crippen molar-refractivity contribution in [3.05, 3.63) is 66.1 Å². The monoisotopic (exact) mass is 401 g/mol. The second-order valence-electron chi connectivity index (χ2n) is 7.77. The van der Waals surface area contributed by atoms with Gasteiger partial charge >= 0.3 is 6.03 Å². The Morgan fingerprint density at radius 3 is 2.93 bits per heavy atom. The molecule has 2 amide bonds. The molecule has 30 heavy (non-hydrogen) atoms. The molecule has 7 nitrogen and oxygen atoms in total. The van der Waals surface area contributed by atoms with Crippen LogP contribution < -0.4 is 5.32 Å². The number of rotatable bonds is 3. The Balaban J connectivity index is 1.42. The van der Waals surface area contributed by atoms with E-state index in [1.807, 2.05) is 61.2 Å². The van der Waals surface area contributed by atoms with Crippen LogP contribution >= 0.6 is 0 Å². The van der Waals surface area contributed by atoms with Crippen molar-refractivity contribution in [1.82, 2.24) is 19.4 Å². The summed E-state index contributed by atoms with van der Waals surface area (Å²) in [6.45, 7) is 5.28. The third-order valence-corrected chi connectivity index (χ3v) is 5.64. The summed E-state index contributed by atoms with van der Waals surface area (Å²) >= 11 is 0.